The Hall–Kier alpha value is -4.57. The Morgan fingerprint density at radius 1 is 1.07 bits per heavy atom. The molecule has 0 radical (unpaired) electrons. The van der Waals surface area contributed by atoms with E-state index in [1.807, 2.05) is 30.0 Å². The summed E-state index contributed by atoms with van der Waals surface area (Å²) in [6.07, 6.45) is 3.57. The first-order valence-corrected chi connectivity index (χ1v) is 14.8. The van der Waals surface area contributed by atoms with E-state index in [1.54, 1.807) is 18.2 Å². The normalized spacial score (nSPS) is 14.3. The number of carbonyl (C=O) groups is 3. The molecule has 3 amide bonds. The van der Waals surface area contributed by atoms with E-state index in [2.05, 4.69) is 20.6 Å². The highest BCUT2D eigenvalue weighted by Crippen LogP contribution is 2.25. The number of aromatic amines is 1. The topological polar surface area (TPSA) is 124 Å². The predicted octanol–water partition coefficient (Wildman–Crippen LogP) is 4.41. The molecule has 3 N–H and O–H groups in total. The highest BCUT2D eigenvalue weighted by molar-refractivity contribution is 6.30. The van der Waals surface area contributed by atoms with Crippen molar-refractivity contribution in [2.45, 2.75) is 38.6 Å². The van der Waals surface area contributed by atoms with Gasteiger partial charge in [0.25, 0.3) is 5.91 Å². The molecule has 44 heavy (non-hydrogen) atoms. The zero-order chi connectivity index (χ0) is 31.4. The number of nitrogens with zero attached hydrogens (tertiary/aromatic N) is 2. The lowest BCUT2D eigenvalue weighted by Gasteiger charge is -2.33. The molecule has 0 unspecified atom stereocenters. The molecule has 228 valence electrons. The predicted molar refractivity (Wildman–Crippen MR) is 167 cm³/mol. The summed E-state index contributed by atoms with van der Waals surface area (Å²) in [7, 11) is 1.52. The van der Waals surface area contributed by atoms with Crippen LogP contribution in [0.5, 0.6) is 0 Å². The minimum Gasteiger partial charge on any atom is -0.357 e. The molecule has 0 saturated carbocycles. The number of amides is 3. The van der Waals surface area contributed by atoms with Gasteiger partial charge in [-0.05, 0) is 79.1 Å². The fourth-order valence-electron chi connectivity index (χ4n) is 5.63. The number of piperidine rings is 1. The third-order valence-electron chi connectivity index (χ3n) is 8.12. The van der Waals surface area contributed by atoms with Gasteiger partial charge in [0.2, 0.25) is 17.4 Å². The molecular weight excluding hydrogens is 585 g/mol. The number of hydrogen-bond acceptors (Lipinski definition) is 5. The number of pyridine rings is 2. The SMILES string of the molecule is CNC(=O)[C@@H](CC1CCN(C(=O)Cc2ccc3[nH]c(=O)cc(C)c3c2)CC1)NC(=O)c1ccc(-c2ccc(Cl)c(F)c2)cn1. The maximum absolute atomic E-state index is 13.9. The van der Waals surface area contributed by atoms with E-state index in [-0.39, 0.29) is 40.4 Å². The summed E-state index contributed by atoms with van der Waals surface area (Å²) in [5, 5.41) is 6.36. The van der Waals surface area contributed by atoms with Crippen molar-refractivity contribution in [3.8, 4) is 11.1 Å². The number of rotatable bonds is 8. The number of hydrogen-bond donors (Lipinski definition) is 3. The molecule has 0 spiro atoms. The standard InChI is InChI=1S/C33H33ClFN5O4/c1-19-13-30(41)38-27-7-3-21(14-24(19)27)16-31(42)40-11-9-20(10-12-40)15-29(32(43)36-2)39-33(44)28-8-5-23(18-37-28)22-4-6-25(34)26(35)17-22/h3-8,13-14,17-18,20,29H,9-12,15-16H2,1-2H3,(H,36,43)(H,38,41)(H,39,44)/t29-/m1/s1. The molecule has 0 aliphatic carbocycles. The zero-order valence-corrected chi connectivity index (χ0v) is 25.2. The Balaban J connectivity index is 1.16. The van der Waals surface area contributed by atoms with Crippen LogP contribution in [0.3, 0.4) is 0 Å². The van der Waals surface area contributed by atoms with Gasteiger partial charge < -0.3 is 20.5 Å². The van der Waals surface area contributed by atoms with E-state index < -0.39 is 17.8 Å². The molecule has 1 aliphatic heterocycles. The fourth-order valence-corrected chi connectivity index (χ4v) is 5.75. The number of fused-ring (bicyclic) bond motifs is 1. The van der Waals surface area contributed by atoms with Crippen molar-refractivity contribution in [2.24, 2.45) is 5.92 Å². The second-order valence-corrected chi connectivity index (χ2v) is 11.5. The van der Waals surface area contributed by atoms with E-state index in [1.165, 1.54) is 31.4 Å². The van der Waals surface area contributed by atoms with E-state index in [4.69, 9.17) is 11.6 Å². The fraction of sp³-hybridized carbons (Fsp3) is 0.303. The molecule has 4 aromatic rings. The molecule has 11 heteroatoms. The largest absolute Gasteiger partial charge is 0.357 e. The summed E-state index contributed by atoms with van der Waals surface area (Å²) in [5.41, 5.74) is 3.65. The molecule has 1 atom stereocenters. The van der Waals surface area contributed by atoms with E-state index >= 15 is 0 Å². The summed E-state index contributed by atoms with van der Waals surface area (Å²) in [6.45, 7) is 3.00. The van der Waals surface area contributed by atoms with Crippen LogP contribution in [0.4, 0.5) is 4.39 Å². The number of likely N-dealkylation sites (tertiary alicyclic amines) is 1. The van der Waals surface area contributed by atoms with Crippen LogP contribution in [0.1, 0.15) is 40.9 Å². The number of benzene rings is 2. The number of carbonyl (C=O) groups excluding carboxylic acids is 3. The second-order valence-electron chi connectivity index (χ2n) is 11.1. The number of likely N-dealkylation sites (N-methyl/N-ethyl adjacent to an activating group) is 1. The van der Waals surface area contributed by atoms with Crippen molar-refractivity contribution in [1.29, 1.82) is 0 Å². The summed E-state index contributed by atoms with van der Waals surface area (Å²) in [4.78, 5) is 59.4. The average Bonchev–Trinajstić information content (AvgIpc) is 3.02. The van der Waals surface area contributed by atoms with Gasteiger partial charge in [-0.2, -0.15) is 0 Å². The van der Waals surface area contributed by atoms with Crippen LogP contribution in [-0.4, -0.2) is 58.8 Å². The van der Waals surface area contributed by atoms with Gasteiger partial charge in [0.15, 0.2) is 0 Å². The third-order valence-corrected chi connectivity index (χ3v) is 8.43. The first kappa shape index (κ1) is 30.9. The summed E-state index contributed by atoms with van der Waals surface area (Å²) >= 11 is 5.76. The van der Waals surface area contributed by atoms with Crippen molar-refractivity contribution in [1.82, 2.24) is 25.5 Å². The second kappa shape index (κ2) is 13.4. The first-order valence-electron chi connectivity index (χ1n) is 14.5. The Labute approximate surface area is 258 Å². The maximum atomic E-state index is 13.9. The third kappa shape index (κ3) is 7.14. The van der Waals surface area contributed by atoms with Crippen LogP contribution in [0.25, 0.3) is 22.0 Å². The van der Waals surface area contributed by atoms with Crippen molar-refractivity contribution < 1.29 is 18.8 Å². The molecule has 1 saturated heterocycles. The molecule has 1 fully saturated rings. The van der Waals surface area contributed by atoms with Crippen LogP contribution in [0.15, 0.2) is 65.6 Å². The molecule has 5 rings (SSSR count). The number of nitrogens with one attached hydrogen (secondary N) is 3. The lowest BCUT2D eigenvalue weighted by Crippen LogP contribution is -2.48. The smallest absolute Gasteiger partial charge is 0.270 e. The van der Waals surface area contributed by atoms with Gasteiger partial charge in [-0.25, -0.2) is 4.39 Å². The first-order chi connectivity index (χ1) is 21.1. The van der Waals surface area contributed by atoms with Crippen molar-refractivity contribution in [3.63, 3.8) is 0 Å². The van der Waals surface area contributed by atoms with Crippen molar-refractivity contribution in [3.05, 3.63) is 98.8 Å². The summed E-state index contributed by atoms with van der Waals surface area (Å²) in [5.74, 6) is -1.18. The molecule has 0 bridgehead atoms. The average molecular weight is 618 g/mol. The molecule has 2 aromatic carbocycles. The molecule has 9 nitrogen and oxygen atoms in total. The minimum atomic E-state index is -0.765. The van der Waals surface area contributed by atoms with Crippen LogP contribution in [0.2, 0.25) is 5.02 Å². The number of aromatic nitrogens is 2. The Bertz CT molecular complexity index is 1770. The highest BCUT2D eigenvalue weighted by Gasteiger charge is 2.29. The molecule has 2 aromatic heterocycles. The highest BCUT2D eigenvalue weighted by atomic mass is 35.5. The number of halogens is 2. The van der Waals surface area contributed by atoms with Gasteiger partial charge in [0, 0.05) is 48.9 Å². The van der Waals surface area contributed by atoms with E-state index in [0.29, 0.717) is 43.5 Å². The van der Waals surface area contributed by atoms with Gasteiger partial charge in [0.05, 0.1) is 11.4 Å². The van der Waals surface area contributed by atoms with Gasteiger partial charge in [-0.1, -0.05) is 29.8 Å². The van der Waals surface area contributed by atoms with Crippen molar-refractivity contribution >= 4 is 40.2 Å². The van der Waals surface area contributed by atoms with Gasteiger partial charge in [-0.3, -0.25) is 24.2 Å². The summed E-state index contributed by atoms with van der Waals surface area (Å²) < 4.78 is 13.9. The molecule has 3 heterocycles. The zero-order valence-electron chi connectivity index (χ0n) is 24.5. The maximum Gasteiger partial charge on any atom is 0.270 e. The van der Waals surface area contributed by atoms with Crippen LogP contribution >= 0.6 is 11.6 Å². The molecule has 1 aliphatic rings. The Morgan fingerprint density at radius 3 is 2.50 bits per heavy atom. The number of aryl methyl sites for hydroxylation is 1. The van der Waals surface area contributed by atoms with Crippen LogP contribution < -0.4 is 16.2 Å². The Morgan fingerprint density at radius 2 is 1.82 bits per heavy atom. The van der Waals surface area contributed by atoms with E-state index in [9.17, 15) is 23.6 Å². The van der Waals surface area contributed by atoms with E-state index in [0.717, 1.165) is 22.0 Å². The Kier molecular flexibility index (Phi) is 9.39. The minimum absolute atomic E-state index is 0.0201. The van der Waals surface area contributed by atoms with Crippen LogP contribution in [0, 0.1) is 18.7 Å². The lowest BCUT2D eigenvalue weighted by molar-refractivity contribution is -0.132. The van der Waals surface area contributed by atoms with Crippen molar-refractivity contribution in [2.75, 3.05) is 20.1 Å². The van der Waals surface area contributed by atoms with Gasteiger partial charge in [0.1, 0.15) is 17.6 Å². The van der Waals surface area contributed by atoms with Crippen LogP contribution in [-0.2, 0) is 16.0 Å². The number of H-pyrrole nitrogens is 1. The monoisotopic (exact) mass is 617 g/mol. The quantitative estimate of drug-likeness (QED) is 0.270. The lowest BCUT2D eigenvalue weighted by atomic mass is 9.89. The van der Waals surface area contributed by atoms with Gasteiger partial charge in [-0.15, -0.1) is 0 Å². The summed E-state index contributed by atoms with van der Waals surface area (Å²) in [6, 6.07) is 14.0. The van der Waals surface area contributed by atoms with Gasteiger partial charge >= 0.3 is 0 Å². The molecular formula is C33H33ClFN5O4.